The van der Waals surface area contributed by atoms with Crippen LogP contribution >= 0.6 is 27.5 Å². The molecule has 0 aliphatic rings. The lowest BCUT2D eigenvalue weighted by Gasteiger charge is -2.12. The van der Waals surface area contributed by atoms with Crippen LogP contribution in [0, 0.1) is 0 Å². The maximum Gasteiger partial charge on any atom is 0.311 e. The van der Waals surface area contributed by atoms with E-state index in [1.165, 1.54) is 0 Å². The summed E-state index contributed by atoms with van der Waals surface area (Å²) in [5.41, 5.74) is 1.62. The Morgan fingerprint density at radius 1 is 1.26 bits per heavy atom. The van der Waals surface area contributed by atoms with Crippen LogP contribution in [0.15, 0.2) is 47.1 Å². The van der Waals surface area contributed by atoms with Crippen LogP contribution in [0.1, 0.15) is 17.0 Å². The predicted octanol–water partition coefficient (Wildman–Crippen LogP) is 3.91. The van der Waals surface area contributed by atoms with E-state index in [1.54, 1.807) is 18.3 Å². The summed E-state index contributed by atoms with van der Waals surface area (Å²) < 4.78 is 0.925. The molecule has 1 atom stereocenters. The number of benzene rings is 1. The molecule has 1 aromatic heterocycles. The van der Waals surface area contributed by atoms with Crippen molar-refractivity contribution in [1.29, 1.82) is 0 Å². The van der Waals surface area contributed by atoms with E-state index < -0.39 is 11.9 Å². The van der Waals surface area contributed by atoms with Crippen molar-refractivity contribution in [2.75, 3.05) is 0 Å². The van der Waals surface area contributed by atoms with Crippen LogP contribution in [0.25, 0.3) is 0 Å². The summed E-state index contributed by atoms with van der Waals surface area (Å²) in [6, 6.07) is 10.8. The number of halogens is 2. The molecule has 0 aliphatic heterocycles. The Morgan fingerprint density at radius 3 is 2.47 bits per heavy atom. The van der Waals surface area contributed by atoms with Crippen molar-refractivity contribution in [3.63, 3.8) is 0 Å². The highest BCUT2D eigenvalue weighted by atomic mass is 79.9. The number of carboxylic acids is 1. The number of aliphatic carboxylic acids is 1. The Balaban J connectivity index is 2.23. The maximum absolute atomic E-state index is 11.4. The van der Waals surface area contributed by atoms with Crippen molar-refractivity contribution in [3.05, 3.63) is 63.3 Å². The van der Waals surface area contributed by atoms with Crippen molar-refractivity contribution >= 4 is 33.5 Å². The average Bonchev–Trinajstić information content (AvgIpc) is 2.39. The number of hydrogen-bond donors (Lipinski definition) is 1. The largest absolute Gasteiger partial charge is 0.481 e. The lowest BCUT2D eigenvalue weighted by Crippen LogP contribution is -2.14. The average molecular weight is 341 g/mol. The molecule has 0 saturated heterocycles. The molecule has 19 heavy (non-hydrogen) atoms. The number of aromatic nitrogens is 1. The molecule has 5 heteroatoms. The summed E-state index contributed by atoms with van der Waals surface area (Å²) in [7, 11) is 0. The smallest absolute Gasteiger partial charge is 0.311 e. The molecule has 0 bridgehead atoms. The van der Waals surface area contributed by atoms with Crippen LogP contribution in [0.2, 0.25) is 5.15 Å². The summed E-state index contributed by atoms with van der Waals surface area (Å²) in [6.07, 6.45) is 2.00. The highest BCUT2D eigenvalue weighted by Crippen LogP contribution is 2.23. The number of carbonyl (C=O) groups is 1. The van der Waals surface area contributed by atoms with Crippen molar-refractivity contribution < 1.29 is 9.90 Å². The number of nitrogens with zero attached hydrogens (tertiary/aromatic N) is 1. The Bertz CT molecular complexity index is 569. The van der Waals surface area contributed by atoms with Gasteiger partial charge in [0.25, 0.3) is 0 Å². The van der Waals surface area contributed by atoms with Gasteiger partial charge in [0.15, 0.2) is 0 Å². The molecule has 2 aromatic rings. The van der Waals surface area contributed by atoms with E-state index >= 15 is 0 Å². The number of pyridine rings is 1. The van der Waals surface area contributed by atoms with Crippen molar-refractivity contribution in [3.8, 4) is 0 Å². The SMILES string of the molecule is O=C(O)C(Cc1ccc(Cl)nc1)c1ccc(Br)cc1. The van der Waals surface area contributed by atoms with E-state index in [4.69, 9.17) is 11.6 Å². The third-order valence-corrected chi connectivity index (χ3v) is 3.55. The van der Waals surface area contributed by atoms with Crippen molar-refractivity contribution in [1.82, 2.24) is 4.98 Å². The van der Waals surface area contributed by atoms with Gasteiger partial charge in [-0.25, -0.2) is 4.98 Å². The van der Waals surface area contributed by atoms with Crippen LogP contribution in [-0.4, -0.2) is 16.1 Å². The minimum Gasteiger partial charge on any atom is -0.481 e. The maximum atomic E-state index is 11.4. The number of hydrogen-bond acceptors (Lipinski definition) is 2. The van der Waals surface area contributed by atoms with Gasteiger partial charge in [-0.15, -0.1) is 0 Å². The van der Waals surface area contributed by atoms with Crippen LogP contribution in [0.4, 0.5) is 0 Å². The second kappa shape index (κ2) is 6.17. The molecular formula is C14H11BrClNO2. The Morgan fingerprint density at radius 2 is 1.95 bits per heavy atom. The summed E-state index contributed by atoms with van der Waals surface area (Å²) in [4.78, 5) is 15.4. The molecule has 2 rings (SSSR count). The van der Waals surface area contributed by atoms with E-state index in [9.17, 15) is 9.90 Å². The topological polar surface area (TPSA) is 50.2 Å². The number of rotatable bonds is 4. The molecule has 0 radical (unpaired) electrons. The van der Waals surface area contributed by atoms with Gasteiger partial charge in [-0.3, -0.25) is 4.79 Å². The van der Waals surface area contributed by atoms with Gasteiger partial charge in [0.2, 0.25) is 0 Å². The zero-order valence-corrected chi connectivity index (χ0v) is 12.2. The van der Waals surface area contributed by atoms with E-state index in [-0.39, 0.29) is 0 Å². The van der Waals surface area contributed by atoms with Crippen molar-refractivity contribution in [2.24, 2.45) is 0 Å². The standard InChI is InChI=1S/C14H11BrClNO2/c15-11-4-2-10(3-5-11)12(14(18)19)7-9-1-6-13(16)17-8-9/h1-6,8,12H,7H2,(H,18,19). The molecule has 3 nitrogen and oxygen atoms in total. The van der Waals surface area contributed by atoms with Gasteiger partial charge in [-0.1, -0.05) is 45.7 Å². The molecule has 1 unspecified atom stereocenters. The van der Waals surface area contributed by atoms with E-state index in [1.807, 2.05) is 24.3 Å². The fourth-order valence-electron chi connectivity index (χ4n) is 1.81. The van der Waals surface area contributed by atoms with Crippen LogP contribution in [0.5, 0.6) is 0 Å². The normalized spacial score (nSPS) is 12.1. The molecule has 1 N–H and O–H groups in total. The summed E-state index contributed by atoms with van der Waals surface area (Å²) in [5.74, 6) is -1.44. The second-order valence-corrected chi connectivity index (χ2v) is 5.44. The first-order valence-corrected chi connectivity index (χ1v) is 6.82. The molecule has 1 aromatic carbocycles. The minimum absolute atomic E-state index is 0.390. The molecule has 98 valence electrons. The van der Waals surface area contributed by atoms with E-state index in [0.29, 0.717) is 11.6 Å². The number of carboxylic acid groups (broad SMARTS) is 1. The van der Waals surface area contributed by atoms with Gasteiger partial charge >= 0.3 is 5.97 Å². The van der Waals surface area contributed by atoms with Gasteiger partial charge in [0, 0.05) is 10.7 Å². The first-order chi connectivity index (χ1) is 9.06. The molecule has 0 saturated carbocycles. The molecule has 0 fully saturated rings. The molecular weight excluding hydrogens is 330 g/mol. The van der Waals surface area contributed by atoms with Crippen LogP contribution in [-0.2, 0) is 11.2 Å². The zero-order chi connectivity index (χ0) is 13.8. The molecule has 0 spiro atoms. The highest BCUT2D eigenvalue weighted by molar-refractivity contribution is 9.10. The summed E-state index contributed by atoms with van der Waals surface area (Å²) in [6.45, 7) is 0. The lowest BCUT2D eigenvalue weighted by molar-refractivity contribution is -0.138. The van der Waals surface area contributed by atoms with Crippen LogP contribution in [0.3, 0.4) is 0 Å². The van der Waals surface area contributed by atoms with E-state index in [2.05, 4.69) is 20.9 Å². The third kappa shape index (κ3) is 3.78. The van der Waals surface area contributed by atoms with Gasteiger partial charge in [-0.05, 0) is 35.7 Å². The summed E-state index contributed by atoms with van der Waals surface area (Å²) in [5, 5.41) is 9.76. The fourth-order valence-corrected chi connectivity index (χ4v) is 2.18. The Hall–Kier alpha value is -1.39. The van der Waals surface area contributed by atoms with Gasteiger partial charge in [0.05, 0.1) is 5.92 Å². The molecule has 0 aliphatic carbocycles. The Kier molecular flexibility index (Phi) is 4.56. The third-order valence-electron chi connectivity index (χ3n) is 2.80. The molecule has 0 amide bonds. The lowest BCUT2D eigenvalue weighted by atomic mass is 9.93. The van der Waals surface area contributed by atoms with Gasteiger partial charge in [0.1, 0.15) is 5.15 Å². The highest BCUT2D eigenvalue weighted by Gasteiger charge is 2.20. The monoisotopic (exact) mass is 339 g/mol. The first kappa shape index (κ1) is 14.0. The Labute approximate surface area is 124 Å². The predicted molar refractivity (Wildman–Crippen MR) is 77.5 cm³/mol. The second-order valence-electron chi connectivity index (χ2n) is 4.14. The summed E-state index contributed by atoms with van der Waals surface area (Å²) >= 11 is 9.05. The van der Waals surface area contributed by atoms with E-state index in [0.717, 1.165) is 15.6 Å². The van der Waals surface area contributed by atoms with Crippen LogP contribution < -0.4 is 0 Å². The quantitative estimate of drug-likeness (QED) is 0.859. The van der Waals surface area contributed by atoms with Crippen molar-refractivity contribution in [2.45, 2.75) is 12.3 Å². The first-order valence-electron chi connectivity index (χ1n) is 5.65. The minimum atomic E-state index is -0.850. The van der Waals surface area contributed by atoms with Gasteiger partial charge < -0.3 is 5.11 Å². The fraction of sp³-hybridized carbons (Fsp3) is 0.143. The zero-order valence-electron chi connectivity index (χ0n) is 9.88. The van der Waals surface area contributed by atoms with Gasteiger partial charge in [-0.2, -0.15) is 0 Å². The molecule has 1 heterocycles.